The summed E-state index contributed by atoms with van der Waals surface area (Å²) in [6.07, 6.45) is 3.01. The number of allylic oxidation sites excluding steroid dienone is 3. The number of ether oxygens (including phenoxy) is 1. The van der Waals surface area contributed by atoms with Crippen LogP contribution in [0.4, 0.5) is 0 Å². The van der Waals surface area contributed by atoms with E-state index in [1.165, 1.54) is 0 Å². The molecule has 0 atom stereocenters. The number of carbonyl (C=O) groups excluding carboxylic acids is 1. The first-order valence-electron chi connectivity index (χ1n) is 2.84. The number of hydrogen-bond acceptors (Lipinski definition) is 3. The lowest BCUT2D eigenvalue weighted by molar-refractivity contribution is -0.107. The molecule has 0 aromatic heterocycles. The first-order chi connectivity index (χ1) is 4.70. The summed E-state index contributed by atoms with van der Waals surface area (Å²) in [5, 5.41) is 8.54. The third-order valence-corrected chi connectivity index (χ3v) is 0.893. The highest BCUT2D eigenvalue weighted by Gasteiger charge is 1.87. The van der Waals surface area contributed by atoms with Crippen molar-refractivity contribution in [2.75, 3.05) is 0 Å². The van der Waals surface area contributed by atoms with Crippen LogP contribution in [0.25, 0.3) is 0 Å². The number of aliphatic hydroxyl groups is 1. The Hall–Kier alpha value is -1.25. The molecule has 0 aliphatic heterocycles. The van der Waals surface area contributed by atoms with Crippen molar-refractivity contribution >= 4 is 6.29 Å². The van der Waals surface area contributed by atoms with Crippen molar-refractivity contribution < 1.29 is 14.6 Å². The van der Waals surface area contributed by atoms with Crippen molar-refractivity contribution in [1.82, 2.24) is 0 Å². The van der Waals surface area contributed by atoms with Crippen LogP contribution in [0, 0.1) is 0 Å². The predicted octanol–water partition coefficient (Wildman–Crippen LogP) is 1.53. The summed E-state index contributed by atoms with van der Waals surface area (Å²) in [6, 6.07) is 0. The molecule has 0 heterocycles. The van der Waals surface area contributed by atoms with E-state index in [1.54, 1.807) is 19.9 Å². The van der Waals surface area contributed by atoms with Crippen molar-refractivity contribution in [3.63, 3.8) is 0 Å². The summed E-state index contributed by atoms with van der Waals surface area (Å²) in [5.74, 6) is 0.217. The molecular weight excluding hydrogens is 132 g/mol. The molecule has 0 aliphatic carbocycles. The number of aldehydes is 1. The van der Waals surface area contributed by atoms with E-state index in [9.17, 15) is 4.79 Å². The Kier molecular flexibility index (Phi) is 4.04. The van der Waals surface area contributed by atoms with Crippen molar-refractivity contribution in [2.24, 2.45) is 0 Å². The van der Waals surface area contributed by atoms with Crippen molar-refractivity contribution in [1.29, 1.82) is 0 Å². The van der Waals surface area contributed by atoms with Crippen LogP contribution < -0.4 is 0 Å². The summed E-state index contributed by atoms with van der Waals surface area (Å²) >= 11 is 0. The standard InChI is InChI=1S/C7H10O3/c1-3-6(2)10-5-7(9)4-8/h3-5,9H,1-2H3/b6-3-,7-5+. The van der Waals surface area contributed by atoms with E-state index in [1.807, 2.05) is 0 Å². The van der Waals surface area contributed by atoms with Crippen LogP contribution in [0.15, 0.2) is 23.9 Å². The molecule has 3 heteroatoms. The molecule has 0 aromatic carbocycles. The van der Waals surface area contributed by atoms with E-state index in [2.05, 4.69) is 0 Å². The highest BCUT2D eigenvalue weighted by molar-refractivity contribution is 5.68. The minimum atomic E-state index is -0.416. The van der Waals surface area contributed by atoms with E-state index in [-0.39, 0.29) is 0 Å². The fourth-order valence-electron chi connectivity index (χ4n) is 0.249. The van der Waals surface area contributed by atoms with Crippen LogP contribution in [0.1, 0.15) is 13.8 Å². The van der Waals surface area contributed by atoms with E-state index in [4.69, 9.17) is 9.84 Å². The molecule has 0 radical (unpaired) electrons. The summed E-state index contributed by atoms with van der Waals surface area (Å²) in [7, 11) is 0. The van der Waals surface area contributed by atoms with Crippen molar-refractivity contribution in [3.8, 4) is 0 Å². The van der Waals surface area contributed by atoms with Gasteiger partial charge >= 0.3 is 0 Å². The maximum atomic E-state index is 9.79. The van der Waals surface area contributed by atoms with Gasteiger partial charge in [0.2, 0.25) is 0 Å². The van der Waals surface area contributed by atoms with Gasteiger partial charge < -0.3 is 9.84 Å². The Morgan fingerprint density at radius 2 is 2.20 bits per heavy atom. The topological polar surface area (TPSA) is 46.5 Å². The zero-order valence-electron chi connectivity index (χ0n) is 6.00. The summed E-state index contributed by atoms with van der Waals surface area (Å²) in [4.78, 5) is 9.79. The Balaban J connectivity index is 3.83. The van der Waals surface area contributed by atoms with Gasteiger partial charge in [0.15, 0.2) is 12.0 Å². The molecule has 10 heavy (non-hydrogen) atoms. The van der Waals surface area contributed by atoms with Gasteiger partial charge in [0.05, 0.1) is 5.76 Å². The molecule has 3 nitrogen and oxygen atoms in total. The van der Waals surface area contributed by atoms with Crippen LogP contribution in [0.2, 0.25) is 0 Å². The lowest BCUT2D eigenvalue weighted by Crippen LogP contribution is -1.84. The largest absolute Gasteiger partial charge is 0.502 e. The summed E-state index contributed by atoms with van der Waals surface area (Å²) in [6.45, 7) is 3.51. The predicted molar refractivity (Wildman–Crippen MR) is 37.3 cm³/mol. The van der Waals surface area contributed by atoms with Gasteiger partial charge in [-0.1, -0.05) is 0 Å². The maximum Gasteiger partial charge on any atom is 0.191 e. The van der Waals surface area contributed by atoms with Gasteiger partial charge in [0.25, 0.3) is 0 Å². The zero-order chi connectivity index (χ0) is 7.98. The average Bonchev–Trinajstić information content (AvgIpc) is 1.99. The fourth-order valence-corrected chi connectivity index (χ4v) is 0.249. The van der Waals surface area contributed by atoms with Crippen LogP contribution in [-0.2, 0) is 9.53 Å². The second kappa shape index (κ2) is 4.61. The lowest BCUT2D eigenvalue weighted by atomic mass is 10.5. The van der Waals surface area contributed by atoms with Crippen LogP contribution in [0.3, 0.4) is 0 Å². The van der Waals surface area contributed by atoms with Gasteiger partial charge in [-0.15, -0.1) is 0 Å². The number of hydrogen-bond donors (Lipinski definition) is 1. The molecular formula is C7H10O3. The van der Waals surface area contributed by atoms with Crippen molar-refractivity contribution in [2.45, 2.75) is 13.8 Å². The minimum Gasteiger partial charge on any atom is -0.502 e. The van der Waals surface area contributed by atoms with E-state index < -0.39 is 5.76 Å². The number of carbonyl (C=O) groups is 1. The molecule has 0 fully saturated rings. The smallest absolute Gasteiger partial charge is 0.191 e. The van der Waals surface area contributed by atoms with Crippen LogP contribution >= 0.6 is 0 Å². The lowest BCUT2D eigenvalue weighted by Gasteiger charge is -1.96. The summed E-state index contributed by atoms with van der Waals surface area (Å²) in [5.41, 5.74) is 0. The van der Waals surface area contributed by atoms with E-state index in [0.717, 1.165) is 6.26 Å². The fraction of sp³-hybridized carbons (Fsp3) is 0.286. The molecule has 0 saturated heterocycles. The first-order valence-corrected chi connectivity index (χ1v) is 2.84. The minimum absolute atomic E-state index is 0.308. The van der Waals surface area contributed by atoms with Crippen LogP contribution in [0.5, 0.6) is 0 Å². The van der Waals surface area contributed by atoms with Gasteiger partial charge in [-0.05, 0) is 19.9 Å². The molecule has 56 valence electrons. The molecule has 0 aliphatic rings. The second-order valence-corrected chi connectivity index (χ2v) is 1.68. The third kappa shape index (κ3) is 3.72. The quantitative estimate of drug-likeness (QED) is 0.369. The average molecular weight is 142 g/mol. The van der Waals surface area contributed by atoms with Gasteiger partial charge in [-0.3, -0.25) is 4.79 Å². The second-order valence-electron chi connectivity index (χ2n) is 1.68. The van der Waals surface area contributed by atoms with E-state index in [0.29, 0.717) is 12.0 Å². The molecule has 0 rings (SSSR count). The van der Waals surface area contributed by atoms with Gasteiger partial charge in [-0.2, -0.15) is 0 Å². The Morgan fingerprint density at radius 1 is 1.60 bits per heavy atom. The monoisotopic (exact) mass is 142 g/mol. The highest BCUT2D eigenvalue weighted by atomic mass is 16.5. The molecule has 0 aromatic rings. The Labute approximate surface area is 59.6 Å². The number of aliphatic hydroxyl groups excluding tert-OH is 1. The zero-order valence-corrected chi connectivity index (χ0v) is 6.00. The first kappa shape index (κ1) is 8.75. The molecule has 0 spiro atoms. The van der Waals surface area contributed by atoms with Gasteiger partial charge in [0.1, 0.15) is 6.26 Å². The van der Waals surface area contributed by atoms with Crippen molar-refractivity contribution in [3.05, 3.63) is 23.9 Å². The molecule has 0 saturated carbocycles. The SMILES string of the molecule is C/C=C(/C)O/C=C(/O)C=O. The molecule has 0 unspecified atom stereocenters. The summed E-state index contributed by atoms with van der Waals surface area (Å²) < 4.78 is 4.76. The maximum absolute atomic E-state index is 9.79. The highest BCUT2D eigenvalue weighted by Crippen LogP contribution is 1.96. The Bertz CT molecular complexity index is 168. The molecule has 1 N–H and O–H groups in total. The third-order valence-electron chi connectivity index (χ3n) is 0.893. The normalized spacial score (nSPS) is 13.0. The molecule has 0 bridgehead atoms. The van der Waals surface area contributed by atoms with Gasteiger partial charge in [-0.25, -0.2) is 0 Å². The number of rotatable bonds is 3. The Morgan fingerprint density at radius 3 is 2.60 bits per heavy atom. The van der Waals surface area contributed by atoms with E-state index >= 15 is 0 Å². The van der Waals surface area contributed by atoms with Gasteiger partial charge in [0, 0.05) is 0 Å². The molecule has 0 amide bonds. The van der Waals surface area contributed by atoms with Crippen LogP contribution in [-0.4, -0.2) is 11.4 Å².